The number of hydrogen-bond donors (Lipinski definition) is 1. The van der Waals surface area contributed by atoms with E-state index >= 15 is 0 Å². The molecule has 0 heterocycles. The zero-order valence-electron chi connectivity index (χ0n) is 17.7. The Morgan fingerprint density at radius 3 is 2.53 bits per heavy atom. The number of aryl methyl sites for hydroxylation is 1. The molecule has 0 aliphatic rings. The van der Waals surface area contributed by atoms with Crippen molar-refractivity contribution in [3.05, 3.63) is 63.1 Å². The second kappa shape index (κ2) is 11.4. The van der Waals surface area contributed by atoms with Crippen molar-refractivity contribution < 1.29 is 14.3 Å². The molecule has 2 aromatic carbocycles. The maximum atomic E-state index is 13.1. The molecule has 0 radical (unpaired) electrons. The predicted octanol–water partition coefficient (Wildman–Crippen LogP) is 5.12. The third kappa shape index (κ3) is 6.74. The minimum atomic E-state index is -0.636. The van der Waals surface area contributed by atoms with Gasteiger partial charge in [0.2, 0.25) is 5.91 Å². The van der Waals surface area contributed by atoms with Gasteiger partial charge in [-0.1, -0.05) is 42.8 Å². The lowest BCUT2D eigenvalue weighted by atomic mass is 10.1. The SMILES string of the molecule is CC[C@@H](C)NC(=O)[C@H](C)N(Cc1ccccc1C)C(=O)COc1ccc(Cl)cc1Br. The molecule has 7 heteroatoms. The summed E-state index contributed by atoms with van der Waals surface area (Å²) in [5.74, 6) is 0.0613. The second-order valence-electron chi connectivity index (χ2n) is 7.31. The summed E-state index contributed by atoms with van der Waals surface area (Å²) in [6.07, 6.45) is 0.817. The summed E-state index contributed by atoms with van der Waals surface area (Å²) < 4.78 is 6.37. The van der Waals surface area contributed by atoms with Crippen molar-refractivity contribution in [3.8, 4) is 5.75 Å². The molecule has 2 rings (SSSR count). The van der Waals surface area contributed by atoms with E-state index < -0.39 is 6.04 Å². The van der Waals surface area contributed by atoms with Crippen molar-refractivity contribution in [2.45, 2.75) is 52.7 Å². The standard InChI is InChI=1S/C23H28BrClN2O3/c1-5-16(3)26-23(29)17(4)27(13-18-9-7-6-8-15(18)2)22(28)14-30-21-11-10-19(25)12-20(21)24/h6-12,16-17H,5,13-14H2,1-4H3,(H,26,29)/t16-,17+/m1/s1. The van der Waals surface area contributed by atoms with E-state index in [0.29, 0.717) is 21.8 Å². The lowest BCUT2D eigenvalue weighted by Gasteiger charge is -2.30. The number of hydrogen-bond acceptors (Lipinski definition) is 3. The van der Waals surface area contributed by atoms with Crippen LogP contribution in [0.1, 0.15) is 38.3 Å². The highest BCUT2D eigenvalue weighted by atomic mass is 79.9. The fraction of sp³-hybridized carbons (Fsp3) is 0.391. The van der Waals surface area contributed by atoms with Crippen LogP contribution in [-0.2, 0) is 16.1 Å². The molecule has 1 N–H and O–H groups in total. The van der Waals surface area contributed by atoms with Gasteiger partial charge in [-0.25, -0.2) is 0 Å². The van der Waals surface area contributed by atoms with Crippen molar-refractivity contribution in [1.29, 1.82) is 0 Å². The van der Waals surface area contributed by atoms with Crippen LogP contribution in [0, 0.1) is 6.92 Å². The largest absolute Gasteiger partial charge is 0.483 e. The van der Waals surface area contributed by atoms with Gasteiger partial charge < -0.3 is 15.0 Å². The highest BCUT2D eigenvalue weighted by Crippen LogP contribution is 2.28. The average Bonchev–Trinajstić information content (AvgIpc) is 2.71. The predicted molar refractivity (Wildman–Crippen MR) is 124 cm³/mol. The van der Waals surface area contributed by atoms with Crippen LogP contribution in [-0.4, -0.2) is 35.4 Å². The third-order valence-electron chi connectivity index (χ3n) is 5.02. The lowest BCUT2D eigenvalue weighted by molar-refractivity contribution is -0.142. The van der Waals surface area contributed by atoms with Crippen molar-refractivity contribution >= 4 is 39.3 Å². The van der Waals surface area contributed by atoms with Crippen molar-refractivity contribution in [2.24, 2.45) is 0 Å². The van der Waals surface area contributed by atoms with Crippen molar-refractivity contribution in [1.82, 2.24) is 10.2 Å². The van der Waals surface area contributed by atoms with Crippen molar-refractivity contribution in [3.63, 3.8) is 0 Å². The maximum absolute atomic E-state index is 13.1. The Hall–Kier alpha value is -2.05. The molecule has 0 aliphatic heterocycles. The van der Waals surface area contributed by atoms with Crippen LogP contribution in [0.2, 0.25) is 5.02 Å². The Kier molecular flexibility index (Phi) is 9.18. The molecule has 0 spiro atoms. The Morgan fingerprint density at radius 1 is 1.20 bits per heavy atom. The van der Waals surface area contributed by atoms with E-state index in [9.17, 15) is 9.59 Å². The Bertz CT molecular complexity index is 891. The molecule has 0 fully saturated rings. The van der Waals surface area contributed by atoms with E-state index in [1.807, 2.05) is 45.0 Å². The smallest absolute Gasteiger partial charge is 0.261 e. The summed E-state index contributed by atoms with van der Waals surface area (Å²) in [5, 5.41) is 3.53. The van der Waals surface area contributed by atoms with Gasteiger partial charge in [0.15, 0.2) is 6.61 Å². The van der Waals surface area contributed by atoms with Gasteiger partial charge in [0.05, 0.1) is 4.47 Å². The van der Waals surface area contributed by atoms with E-state index in [2.05, 4.69) is 21.2 Å². The molecule has 0 aromatic heterocycles. The van der Waals surface area contributed by atoms with Gasteiger partial charge >= 0.3 is 0 Å². The number of benzene rings is 2. The number of amides is 2. The lowest BCUT2D eigenvalue weighted by Crippen LogP contribution is -2.50. The molecule has 2 atom stereocenters. The van der Waals surface area contributed by atoms with Gasteiger partial charge in [-0.2, -0.15) is 0 Å². The number of nitrogens with zero attached hydrogens (tertiary/aromatic N) is 1. The molecule has 0 bridgehead atoms. The van der Waals surface area contributed by atoms with Gasteiger partial charge in [0.25, 0.3) is 5.91 Å². The summed E-state index contributed by atoms with van der Waals surface area (Å²) in [4.78, 5) is 27.4. The highest BCUT2D eigenvalue weighted by molar-refractivity contribution is 9.10. The molecule has 0 saturated heterocycles. The van der Waals surface area contributed by atoms with Crippen molar-refractivity contribution in [2.75, 3.05) is 6.61 Å². The molecule has 2 amide bonds. The maximum Gasteiger partial charge on any atom is 0.261 e. The zero-order chi connectivity index (χ0) is 22.3. The minimum absolute atomic E-state index is 0.0386. The summed E-state index contributed by atoms with van der Waals surface area (Å²) in [5.41, 5.74) is 2.05. The summed E-state index contributed by atoms with van der Waals surface area (Å²) >= 11 is 9.35. The van der Waals surface area contributed by atoms with Crippen LogP contribution in [0.25, 0.3) is 0 Å². The number of carbonyl (C=O) groups is 2. The first-order chi connectivity index (χ1) is 14.2. The second-order valence-corrected chi connectivity index (χ2v) is 8.60. The van der Waals surface area contributed by atoms with Gasteiger partial charge in [-0.05, 0) is 72.4 Å². The first-order valence-electron chi connectivity index (χ1n) is 9.95. The van der Waals surface area contributed by atoms with Gasteiger partial charge in [0, 0.05) is 17.6 Å². The molecule has 162 valence electrons. The minimum Gasteiger partial charge on any atom is -0.483 e. The van der Waals surface area contributed by atoms with Crippen LogP contribution in [0.15, 0.2) is 46.9 Å². The topological polar surface area (TPSA) is 58.6 Å². The summed E-state index contributed by atoms with van der Waals surface area (Å²) in [6, 6.07) is 12.3. The van der Waals surface area contributed by atoms with Crippen LogP contribution in [0.4, 0.5) is 0 Å². The molecule has 0 saturated carbocycles. The normalized spacial score (nSPS) is 12.7. The number of carbonyl (C=O) groups excluding carboxylic acids is 2. The average molecular weight is 496 g/mol. The Labute approximate surface area is 191 Å². The van der Waals surface area contributed by atoms with E-state index in [1.165, 1.54) is 0 Å². The fourth-order valence-electron chi connectivity index (χ4n) is 2.83. The highest BCUT2D eigenvalue weighted by Gasteiger charge is 2.27. The van der Waals surface area contributed by atoms with Crippen LogP contribution in [0.3, 0.4) is 0 Å². The van der Waals surface area contributed by atoms with Crippen LogP contribution in [0.5, 0.6) is 5.75 Å². The van der Waals surface area contributed by atoms with E-state index in [0.717, 1.165) is 17.5 Å². The fourth-order valence-corrected chi connectivity index (χ4v) is 3.63. The molecular formula is C23H28BrClN2O3. The Morgan fingerprint density at radius 2 is 1.90 bits per heavy atom. The summed E-state index contributed by atoms with van der Waals surface area (Å²) in [6.45, 7) is 7.82. The quantitative estimate of drug-likeness (QED) is 0.525. The first kappa shape index (κ1) is 24.2. The molecule has 0 aliphatic carbocycles. The van der Waals surface area contributed by atoms with Gasteiger partial charge in [-0.15, -0.1) is 0 Å². The van der Waals surface area contributed by atoms with Gasteiger partial charge in [-0.3, -0.25) is 9.59 Å². The van der Waals surface area contributed by atoms with Crippen LogP contribution < -0.4 is 10.1 Å². The number of halogens is 2. The van der Waals surface area contributed by atoms with Crippen LogP contribution >= 0.6 is 27.5 Å². The number of nitrogens with one attached hydrogen (secondary N) is 1. The van der Waals surface area contributed by atoms with E-state index in [-0.39, 0.29) is 24.5 Å². The molecule has 0 unspecified atom stereocenters. The Balaban J connectivity index is 2.19. The summed E-state index contributed by atoms with van der Waals surface area (Å²) in [7, 11) is 0. The molecule has 5 nitrogen and oxygen atoms in total. The zero-order valence-corrected chi connectivity index (χ0v) is 20.1. The number of rotatable bonds is 9. The molecule has 2 aromatic rings. The van der Waals surface area contributed by atoms with E-state index in [4.69, 9.17) is 16.3 Å². The molecule has 30 heavy (non-hydrogen) atoms. The molecular weight excluding hydrogens is 468 g/mol. The van der Waals surface area contributed by atoms with Gasteiger partial charge in [0.1, 0.15) is 11.8 Å². The number of ether oxygens (including phenoxy) is 1. The van der Waals surface area contributed by atoms with E-state index in [1.54, 1.807) is 30.0 Å². The third-order valence-corrected chi connectivity index (χ3v) is 5.87. The first-order valence-corrected chi connectivity index (χ1v) is 11.1. The monoisotopic (exact) mass is 494 g/mol.